The van der Waals surface area contributed by atoms with Gasteiger partial charge in [0.05, 0.1) is 11.6 Å². The monoisotopic (exact) mass is 498 g/mol. The van der Waals surface area contributed by atoms with Gasteiger partial charge in [-0.1, -0.05) is 25.1 Å². The molecule has 1 aliphatic heterocycles. The minimum atomic E-state index is -0.611. The summed E-state index contributed by atoms with van der Waals surface area (Å²) < 4.78 is 33.9. The van der Waals surface area contributed by atoms with E-state index < -0.39 is 17.5 Å². The van der Waals surface area contributed by atoms with E-state index in [-0.39, 0.29) is 36.7 Å². The Balaban J connectivity index is 1.56. The van der Waals surface area contributed by atoms with Crippen LogP contribution in [0.25, 0.3) is 0 Å². The van der Waals surface area contributed by atoms with Crippen LogP contribution >= 0.6 is 11.3 Å². The van der Waals surface area contributed by atoms with Crippen LogP contribution < -0.4 is 4.74 Å². The van der Waals surface area contributed by atoms with Crippen molar-refractivity contribution in [2.75, 3.05) is 19.7 Å². The molecule has 0 fully saturated rings. The number of hydrogen-bond donors (Lipinski definition) is 0. The average molecular weight is 499 g/mol. The summed E-state index contributed by atoms with van der Waals surface area (Å²) in [6, 6.07) is 13.1. The van der Waals surface area contributed by atoms with Crippen molar-refractivity contribution in [3.8, 4) is 5.75 Å². The molecule has 3 aromatic rings. The lowest BCUT2D eigenvalue weighted by molar-refractivity contribution is -0.136. The summed E-state index contributed by atoms with van der Waals surface area (Å²) in [6.07, 6.45) is 1.33. The molecule has 0 radical (unpaired) electrons. The molecule has 4 rings (SSSR count). The van der Waals surface area contributed by atoms with Crippen molar-refractivity contribution in [3.05, 3.63) is 87.6 Å². The molecule has 5 nitrogen and oxygen atoms in total. The molecule has 1 aliphatic rings. The second-order valence-corrected chi connectivity index (χ2v) is 9.59. The highest BCUT2D eigenvalue weighted by Gasteiger charge is 2.34. The van der Waals surface area contributed by atoms with Crippen molar-refractivity contribution in [1.29, 1.82) is 0 Å². The van der Waals surface area contributed by atoms with Gasteiger partial charge >= 0.3 is 0 Å². The summed E-state index contributed by atoms with van der Waals surface area (Å²) in [5, 5.41) is 1.99. The van der Waals surface area contributed by atoms with Crippen LogP contribution in [0, 0.1) is 11.6 Å². The third-order valence-electron chi connectivity index (χ3n) is 6.41. The largest absolute Gasteiger partial charge is 0.491 e. The summed E-state index contributed by atoms with van der Waals surface area (Å²) in [5.74, 6) is -1.37. The lowest BCUT2D eigenvalue weighted by Crippen LogP contribution is -2.50. The number of fused-ring (bicyclic) bond motifs is 1. The molecular formula is C27H28F2N2O3S. The lowest BCUT2D eigenvalue weighted by atomic mass is 10.00. The quantitative estimate of drug-likeness (QED) is 0.414. The minimum Gasteiger partial charge on any atom is -0.491 e. The molecule has 184 valence electrons. The van der Waals surface area contributed by atoms with Gasteiger partial charge in [0.15, 0.2) is 0 Å². The number of nitrogens with zero attached hydrogens (tertiary/aromatic N) is 2. The highest BCUT2D eigenvalue weighted by Crippen LogP contribution is 2.34. The molecule has 0 saturated heterocycles. The Bertz CT molecular complexity index is 1200. The van der Waals surface area contributed by atoms with Gasteiger partial charge in [0.1, 0.15) is 30.5 Å². The van der Waals surface area contributed by atoms with Crippen LogP contribution in [-0.4, -0.2) is 47.4 Å². The fourth-order valence-corrected chi connectivity index (χ4v) is 5.21. The number of thiophene rings is 1. The zero-order chi connectivity index (χ0) is 24.9. The van der Waals surface area contributed by atoms with Crippen molar-refractivity contribution in [2.45, 2.75) is 38.8 Å². The number of carbonyl (C=O) groups is 2. The van der Waals surface area contributed by atoms with Gasteiger partial charge in [-0.15, -0.1) is 11.3 Å². The predicted molar refractivity (Wildman–Crippen MR) is 132 cm³/mol. The van der Waals surface area contributed by atoms with Crippen molar-refractivity contribution in [3.63, 3.8) is 0 Å². The topological polar surface area (TPSA) is 49.9 Å². The Morgan fingerprint density at radius 1 is 1.17 bits per heavy atom. The number of halogens is 2. The Morgan fingerprint density at radius 2 is 1.97 bits per heavy atom. The van der Waals surface area contributed by atoms with Gasteiger partial charge in [0.25, 0.3) is 5.91 Å². The fourth-order valence-electron chi connectivity index (χ4n) is 4.28. The molecule has 0 saturated carbocycles. The van der Waals surface area contributed by atoms with Crippen molar-refractivity contribution in [1.82, 2.24) is 9.80 Å². The third-order valence-corrected chi connectivity index (χ3v) is 7.41. The standard InChI is InChI=1S/C27H28F2N2O3S/c1-3-18(2)31(27(33)21-9-4-5-10-23(21)29)16-26(32)30-13-11-25-22(12-14-35-25)24(30)17-34-20-8-6-7-19(28)15-20/h4-10,12,14-15,18,24H,3,11,13,16-17H2,1-2H3/t18-,24-/m1/s1. The van der Waals surface area contributed by atoms with Gasteiger partial charge in [0, 0.05) is 23.5 Å². The lowest BCUT2D eigenvalue weighted by Gasteiger charge is -2.38. The van der Waals surface area contributed by atoms with Crippen LogP contribution in [0.5, 0.6) is 5.75 Å². The molecule has 2 heterocycles. The van der Waals surface area contributed by atoms with Crippen LogP contribution in [0.3, 0.4) is 0 Å². The Morgan fingerprint density at radius 3 is 2.71 bits per heavy atom. The molecule has 0 N–H and O–H groups in total. The van der Waals surface area contributed by atoms with Gasteiger partial charge in [-0.2, -0.15) is 0 Å². The van der Waals surface area contributed by atoms with E-state index in [0.29, 0.717) is 25.1 Å². The van der Waals surface area contributed by atoms with Crippen LogP contribution in [0.1, 0.15) is 47.1 Å². The summed E-state index contributed by atoms with van der Waals surface area (Å²) >= 11 is 1.63. The van der Waals surface area contributed by atoms with E-state index in [1.807, 2.05) is 25.3 Å². The Kier molecular flexibility index (Phi) is 7.80. The first-order chi connectivity index (χ1) is 16.9. The number of ether oxygens (including phenoxy) is 1. The highest BCUT2D eigenvalue weighted by molar-refractivity contribution is 7.10. The molecule has 2 amide bonds. The van der Waals surface area contributed by atoms with Gasteiger partial charge in [0.2, 0.25) is 5.91 Å². The second kappa shape index (κ2) is 11.0. The molecule has 8 heteroatoms. The first-order valence-electron chi connectivity index (χ1n) is 11.7. The first-order valence-corrected chi connectivity index (χ1v) is 12.6. The number of amides is 2. The summed E-state index contributed by atoms with van der Waals surface area (Å²) in [5.41, 5.74) is 0.951. The maximum Gasteiger partial charge on any atom is 0.257 e. The van der Waals surface area contributed by atoms with Crippen LogP contribution in [0.2, 0.25) is 0 Å². The van der Waals surface area contributed by atoms with Gasteiger partial charge < -0.3 is 14.5 Å². The van der Waals surface area contributed by atoms with E-state index in [4.69, 9.17) is 4.74 Å². The van der Waals surface area contributed by atoms with Gasteiger partial charge in [-0.3, -0.25) is 9.59 Å². The third kappa shape index (κ3) is 5.53. The van der Waals surface area contributed by atoms with E-state index in [2.05, 4.69) is 0 Å². The zero-order valence-electron chi connectivity index (χ0n) is 19.7. The SMILES string of the molecule is CC[C@@H](C)N(CC(=O)N1CCc2sccc2[C@H]1COc1cccc(F)c1)C(=O)c1ccccc1F. The predicted octanol–water partition coefficient (Wildman–Crippen LogP) is 5.47. The Labute approximate surface area is 207 Å². The molecule has 1 aromatic heterocycles. The Hall–Kier alpha value is -3.26. The molecular weight excluding hydrogens is 470 g/mol. The van der Waals surface area contributed by atoms with E-state index >= 15 is 0 Å². The number of hydrogen-bond acceptors (Lipinski definition) is 4. The second-order valence-electron chi connectivity index (χ2n) is 8.59. The van der Waals surface area contributed by atoms with E-state index in [0.717, 1.165) is 5.56 Å². The number of carbonyl (C=O) groups excluding carboxylic acids is 2. The van der Waals surface area contributed by atoms with Gasteiger partial charge in [-0.25, -0.2) is 8.78 Å². The fraction of sp³-hybridized carbons (Fsp3) is 0.333. The molecule has 2 aromatic carbocycles. The zero-order valence-corrected chi connectivity index (χ0v) is 20.6. The van der Waals surface area contributed by atoms with Crippen LogP contribution in [0.4, 0.5) is 8.78 Å². The molecule has 0 bridgehead atoms. The summed E-state index contributed by atoms with van der Waals surface area (Å²) in [6.45, 7) is 4.24. The highest BCUT2D eigenvalue weighted by atomic mass is 32.1. The summed E-state index contributed by atoms with van der Waals surface area (Å²) in [7, 11) is 0. The normalized spacial score (nSPS) is 15.9. The maximum absolute atomic E-state index is 14.4. The molecule has 0 unspecified atom stereocenters. The first kappa shape index (κ1) is 24.9. The molecule has 0 spiro atoms. The van der Waals surface area contributed by atoms with Crippen molar-refractivity contribution in [2.24, 2.45) is 0 Å². The van der Waals surface area contributed by atoms with E-state index in [9.17, 15) is 18.4 Å². The van der Waals surface area contributed by atoms with Crippen molar-refractivity contribution >= 4 is 23.2 Å². The molecule has 35 heavy (non-hydrogen) atoms. The van der Waals surface area contributed by atoms with Crippen molar-refractivity contribution < 1.29 is 23.1 Å². The number of benzene rings is 2. The van der Waals surface area contributed by atoms with Crippen LogP contribution in [0.15, 0.2) is 60.0 Å². The minimum absolute atomic E-state index is 0.0506. The molecule has 0 aliphatic carbocycles. The van der Waals surface area contributed by atoms with E-state index in [1.54, 1.807) is 34.4 Å². The average Bonchev–Trinajstić information content (AvgIpc) is 3.34. The summed E-state index contributed by atoms with van der Waals surface area (Å²) in [4.78, 5) is 31.1. The number of rotatable bonds is 8. The van der Waals surface area contributed by atoms with Crippen LogP contribution in [-0.2, 0) is 11.2 Å². The molecule has 2 atom stereocenters. The van der Waals surface area contributed by atoms with Gasteiger partial charge in [-0.05, 0) is 61.0 Å². The maximum atomic E-state index is 14.4. The van der Waals surface area contributed by atoms with E-state index in [1.165, 1.54) is 40.1 Å². The smallest absolute Gasteiger partial charge is 0.257 e.